The van der Waals surface area contributed by atoms with E-state index in [2.05, 4.69) is 21.3 Å². The van der Waals surface area contributed by atoms with Crippen molar-refractivity contribution < 1.29 is 38.4 Å². The molecule has 424 valence electrons. The number of amides is 4. The van der Waals surface area contributed by atoms with Gasteiger partial charge in [-0.3, -0.25) is 58.0 Å². The molecule has 16 nitrogen and oxygen atoms in total. The highest BCUT2D eigenvalue weighted by Gasteiger charge is 2.23. The number of ketones is 4. The third-order valence-corrected chi connectivity index (χ3v) is 14.3. The molecule has 1 heterocycles. The van der Waals surface area contributed by atoms with Crippen LogP contribution in [0.2, 0.25) is 0 Å². The van der Waals surface area contributed by atoms with Crippen LogP contribution in [0.25, 0.3) is 0 Å². The predicted octanol–water partition coefficient (Wildman–Crippen LogP) is 8.69. The molecule has 0 radical (unpaired) electrons. The lowest BCUT2D eigenvalue weighted by atomic mass is 10.0. The number of rotatable bonds is 20. The number of nitrogens with one attached hydrogen (secondary N) is 4. The van der Waals surface area contributed by atoms with Crippen LogP contribution in [-0.2, 0) is 19.2 Å². The molecule has 1 aliphatic rings. The first-order valence-corrected chi connectivity index (χ1v) is 27.8. The van der Waals surface area contributed by atoms with Crippen LogP contribution >= 0.6 is 0 Å². The average Bonchev–Trinajstić information content (AvgIpc) is 3.68. The summed E-state index contributed by atoms with van der Waals surface area (Å²) in [6.45, 7) is 2.49. The fraction of sp³-hybridized carbons (Fsp3) is 0.176. The minimum Gasteiger partial charge on any atom is -0.325 e. The van der Waals surface area contributed by atoms with Gasteiger partial charge < -0.3 is 21.3 Å². The number of hydrogen-bond acceptors (Lipinski definition) is 12. The van der Waals surface area contributed by atoms with Crippen LogP contribution in [0.4, 0.5) is 22.7 Å². The van der Waals surface area contributed by atoms with Crippen molar-refractivity contribution in [2.75, 3.05) is 99.8 Å². The molecule has 1 saturated heterocycles. The van der Waals surface area contributed by atoms with Gasteiger partial charge in [0.2, 0.25) is 23.6 Å². The van der Waals surface area contributed by atoms with Gasteiger partial charge in [0, 0.05) is 120 Å². The number of anilines is 4. The lowest BCUT2D eigenvalue weighted by Crippen LogP contribution is -2.50. The quantitative estimate of drug-likeness (QED) is 0.0531. The van der Waals surface area contributed by atoms with E-state index in [1.54, 1.807) is 194 Å². The summed E-state index contributed by atoms with van der Waals surface area (Å²) in [5, 5.41) is 11.9. The van der Waals surface area contributed by atoms with Gasteiger partial charge in [0.25, 0.3) is 0 Å². The molecule has 0 aliphatic carbocycles. The summed E-state index contributed by atoms with van der Waals surface area (Å²) in [6.07, 6.45) is 0. The Morgan fingerprint density at radius 2 is 0.381 bits per heavy atom. The maximum atomic E-state index is 13.9. The molecule has 4 N–H and O–H groups in total. The summed E-state index contributed by atoms with van der Waals surface area (Å²) in [6, 6.07) is 62.6. The zero-order chi connectivity index (χ0) is 58.6. The molecule has 84 heavy (non-hydrogen) atoms. The Hall–Kier alpha value is -9.84. The highest BCUT2D eigenvalue weighted by molar-refractivity contribution is 6.11. The van der Waals surface area contributed by atoms with Crippen LogP contribution in [0.3, 0.4) is 0 Å². The minimum absolute atomic E-state index is 0.0411. The number of carbonyl (C=O) groups is 8. The zero-order valence-electron chi connectivity index (χ0n) is 46.3. The summed E-state index contributed by atoms with van der Waals surface area (Å²) in [5.74, 6) is -1.80. The molecule has 4 amide bonds. The predicted molar refractivity (Wildman–Crippen MR) is 326 cm³/mol. The second kappa shape index (κ2) is 29.2. The van der Waals surface area contributed by atoms with Crippen molar-refractivity contribution in [3.8, 4) is 0 Å². The van der Waals surface area contributed by atoms with E-state index in [-0.39, 0.29) is 72.9 Å². The molecule has 0 atom stereocenters. The maximum absolute atomic E-state index is 13.9. The Morgan fingerprint density at radius 1 is 0.226 bits per heavy atom. The largest absolute Gasteiger partial charge is 0.325 e. The van der Waals surface area contributed by atoms with E-state index >= 15 is 0 Å². The van der Waals surface area contributed by atoms with Crippen LogP contribution in [0.15, 0.2) is 218 Å². The lowest BCUT2D eigenvalue weighted by Gasteiger charge is -2.33. The van der Waals surface area contributed by atoms with E-state index in [0.717, 1.165) is 0 Å². The third kappa shape index (κ3) is 17.1. The highest BCUT2D eigenvalue weighted by Crippen LogP contribution is 2.19. The van der Waals surface area contributed by atoms with E-state index in [1.807, 2.05) is 43.9 Å². The molecule has 8 aromatic rings. The van der Waals surface area contributed by atoms with Gasteiger partial charge in [0.15, 0.2) is 23.1 Å². The van der Waals surface area contributed by atoms with Crippen molar-refractivity contribution in [2.45, 2.75) is 0 Å². The summed E-state index contributed by atoms with van der Waals surface area (Å²) in [7, 11) is 0. The SMILES string of the molecule is O=C(CN1CCN(CC(=O)Nc2ccc(C(=O)c3ccccc3)cc2)CCN(CC(=O)Nc2ccc(C(=O)c3ccccc3)cc2)CCN(CC(=O)Nc2ccc(C(=O)c3ccccc3)cc2)CC1)Nc1ccc(C(=O)c2ccccc2)cc1. The Kier molecular flexibility index (Phi) is 20.5. The van der Waals surface area contributed by atoms with Crippen molar-refractivity contribution in [1.82, 2.24) is 19.6 Å². The zero-order valence-corrected chi connectivity index (χ0v) is 46.3. The van der Waals surface area contributed by atoms with Gasteiger partial charge in [-0.15, -0.1) is 0 Å². The summed E-state index contributed by atoms with van der Waals surface area (Å²) < 4.78 is 0. The van der Waals surface area contributed by atoms with E-state index in [4.69, 9.17) is 0 Å². The first-order valence-electron chi connectivity index (χ1n) is 27.8. The summed E-state index contributed by atoms with van der Waals surface area (Å²) in [4.78, 5) is 116. The Bertz CT molecular complexity index is 3060. The molecular formula is C68H64N8O8. The minimum atomic E-state index is -0.309. The Labute approximate surface area is 488 Å². The van der Waals surface area contributed by atoms with Crippen molar-refractivity contribution in [1.29, 1.82) is 0 Å². The van der Waals surface area contributed by atoms with Gasteiger partial charge in [-0.2, -0.15) is 0 Å². The molecule has 1 fully saturated rings. The molecule has 0 aromatic heterocycles. The van der Waals surface area contributed by atoms with Gasteiger partial charge >= 0.3 is 0 Å². The second-order valence-corrected chi connectivity index (χ2v) is 20.4. The van der Waals surface area contributed by atoms with E-state index < -0.39 is 0 Å². The lowest BCUT2D eigenvalue weighted by molar-refractivity contribution is -0.120. The summed E-state index contributed by atoms with van der Waals surface area (Å²) in [5.41, 5.74) is 6.12. The highest BCUT2D eigenvalue weighted by atomic mass is 16.2. The molecule has 0 unspecified atom stereocenters. The fourth-order valence-corrected chi connectivity index (χ4v) is 9.67. The standard InChI is InChI=1S/C68H64N8O8/c77-61(69-57-29-21-53(22-30-57)65(81)49-13-5-1-6-14-49)45-73-37-39-74(46-62(78)70-58-31-23-54(24-32-58)66(82)50-15-7-2-8-16-50)41-43-76(48-64(80)72-60-35-27-56(28-36-60)68(84)52-19-11-4-12-20-52)44-42-75(40-38-73)47-63(79)71-59-33-25-55(26-34-59)67(83)51-17-9-3-10-18-51/h1-36H,37-48H2,(H,69,77)(H,70,78)(H,71,79)(H,72,80). The van der Waals surface area contributed by atoms with E-state index in [0.29, 0.717) is 120 Å². The molecule has 1 aliphatic heterocycles. The maximum Gasteiger partial charge on any atom is 0.238 e. The molecular weight excluding hydrogens is 1060 g/mol. The van der Waals surface area contributed by atoms with E-state index in [1.165, 1.54) is 0 Å². The molecule has 0 bridgehead atoms. The van der Waals surface area contributed by atoms with Gasteiger partial charge in [-0.1, -0.05) is 121 Å². The molecule has 16 heteroatoms. The fourth-order valence-electron chi connectivity index (χ4n) is 9.67. The third-order valence-electron chi connectivity index (χ3n) is 14.3. The van der Waals surface area contributed by atoms with E-state index in [9.17, 15) is 38.4 Å². The average molecular weight is 1120 g/mol. The van der Waals surface area contributed by atoms with Crippen LogP contribution in [0.5, 0.6) is 0 Å². The van der Waals surface area contributed by atoms with Gasteiger partial charge in [0.05, 0.1) is 26.2 Å². The number of carbonyl (C=O) groups excluding carboxylic acids is 8. The first-order chi connectivity index (χ1) is 40.9. The Balaban J connectivity index is 0.912. The van der Waals surface area contributed by atoms with Crippen molar-refractivity contribution in [3.05, 3.63) is 263 Å². The van der Waals surface area contributed by atoms with Crippen molar-refractivity contribution >= 4 is 69.5 Å². The normalized spacial score (nSPS) is 13.7. The second-order valence-electron chi connectivity index (χ2n) is 20.4. The van der Waals surface area contributed by atoms with Crippen LogP contribution in [0.1, 0.15) is 63.7 Å². The number of benzene rings is 8. The smallest absolute Gasteiger partial charge is 0.238 e. The summed E-state index contributed by atoms with van der Waals surface area (Å²) >= 11 is 0. The topological polar surface area (TPSA) is 198 Å². The van der Waals surface area contributed by atoms with Gasteiger partial charge in [-0.05, 0) is 97.1 Å². The first kappa shape index (κ1) is 58.8. The number of nitrogens with zero attached hydrogens (tertiary/aromatic N) is 4. The molecule has 8 aromatic carbocycles. The molecule has 0 saturated carbocycles. The van der Waals surface area contributed by atoms with Crippen LogP contribution < -0.4 is 21.3 Å². The van der Waals surface area contributed by atoms with Gasteiger partial charge in [0.1, 0.15) is 0 Å². The van der Waals surface area contributed by atoms with Crippen LogP contribution in [0, 0.1) is 0 Å². The Morgan fingerprint density at radius 3 is 0.548 bits per heavy atom. The number of hydrogen-bond donors (Lipinski definition) is 4. The molecule has 9 rings (SSSR count). The van der Waals surface area contributed by atoms with Crippen molar-refractivity contribution in [2.24, 2.45) is 0 Å². The monoisotopic (exact) mass is 1120 g/mol. The van der Waals surface area contributed by atoms with Crippen LogP contribution in [-0.4, -0.2) is 145 Å². The van der Waals surface area contributed by atoms with Crippen molar-refractivity contribution in [3.63, 3.8) is 0 Å². The molecule has 0 spiro atoms. The van der Waals surface area contributed by atoms with Gasteiger partial charge in [-0.25, -0.2) is 0 Å².